The highest BCUT2D eigenvalue weighted by Gasteiger charge is 2.54. The molecule has 1 aliphatic heterocycles. The van der Waals surface area contributed by atoms with Crippen LogP contribution in [0.15, 0.2) is 121 Å². The van der Waals surface area contributed by atoms with Crippen molar-refractivity contribution >= 4 is 0 Å². The summed E-state index contributed by atoms with van der Waals surface area (Å²) in [5.74, 6) is -0.576. The molecule has 7 rings (SSSR count). The van der Waals surface area contributed by atoms with Crippen molar-refractivity contribution in [3.63, 3.8) is 0 Å². The van der Waals surface area contributed by atoms with E-state index in [4.69, 9.17) is 28.4 Å². The summed E-state index contributed by atoms with van der Waals surface area (Å²) in [6.45, 7) is 8.52. The number of hydrogen-bond acceptors (Lipinski definition) is 10. The second-order valence-electron chi connectivity index (χ2n) is 14.9. The van der Waals surface area contributed by atoms with Gasteiger partial charge in [-0.2, -0.15) is 0 Å². The maximum atomic E-state index is 10.2. The summed E-state index contributed by atoms with van der Waals surface area (Å²) in [7, 11) is 0. The average Bonchev–Trinajstić information content (AvgIpc) is 3.80. The molecule has 3 fully saturated rings. The highest BCUT2D eigenvalue weighted by atomic mass is 16.8. The Morgan fingerprint density at radius 1 is 0.527 bits per heavy atom. The van der Waals surface area contributed by atoms with E-state index in [0.29, 0.717) is 52.6 Å². The van der Waals surface area contributed by atoms with Crippen LogP contribution in [0, 0.1) is 0 Å². The predicted octanol–water partition coefficient (Wildman–Crippen LogP) is 5.54. The lowest BCUT2D eigenvalue weighted by molar-refractivity contribution is -0.169. The quantitative estimate of drug-likeness (QED) is 0.0965. The summed E-state index contributed by atoms with van der Waals surface area (Å²) in [5, 5.41) is 27.4. The molecular weight excluding hydrogens is 697 g/mol. The second kappa shape index (κ2) is 21.1. The zero-order chi connectivity index (χ0) is 38.3. The van der Waals surface area contributed by atoms with Crippen molar-refractivity contribution in [2.75, 3.05) is 26.4 Å². The molecule has 0 bridgehead atoms. The third kappa shape index (κ3) is 12.7. The number of hydrogen-bond donors (Lipinski definition) is 4. The summed E-state index contributed by atoms with van der Waals surface area (Å²) >= 11 is 0. The van der Waals surface area contributed by atoms with E-state index >= 15 is 0 Å². The molecule has 1 heterocycles. The molecule has 1 saturated heterocycles. The average molecular weight is 755 g/mol. The Hall–Kier alpha value is -3.52. The molecule has 3 aliphatic rings. The van der Waals surface area contributed by atoms with Crippen molar-refractivity contribution in [1.82, 2.24) is 10.6 Å². The minimum Gasteiger partial charge on any atom is -0.389 e. The Kier molecular flexibility index (Phi) is 15.8. The lowest BCUT2D eigenvalue weighted by Gasteiger charge is -2.24. The van der Waals surface area contributed by atoms with Crippen molar-refractivity contribution in [2.24, 2.45) is 0 Å². The van der Waals surface area contributed by atoms with Gasteiger partial charge in [-0.1, -0.05) is 121 Å². The summed E-state index contributed by atoms with van der Waals surface area (Å²) in [6.07, 6.45) is -0.665. The van der Waals surface area contributed by atoms with Crippen LogP contribution in [-0.4, -0.2) is 91.1 Å². The summed E-state index contributed by atoms with van der Waals surface area (Å²) in [4.78, 5) is 0. The first-order valence-electron chi connectivity index (χ1n) is 19.6. The van der Waals surface area contributed by atoms with Crippen LogP contribution >= 0.6 is 0 Å². The van der Waals surface area contributed by atoms with Crippen LogP contribution in [0.2, 0.25) is 0 Å². The Balaban J connectivity index is 0.000000188. The maximum absolute atomic E-state index is 10.2. The van der Waals surface area contributed by atoms with Gasteiger partial charge >= 0.3 is 0 Å². The fourth-order valence-electron chi connectivity index (χ4n) is 7.39. The monoisotopic (exact) mass is 754 g/mol. The van der Waals surface area contributed by atoms with Crippen molar-refractivity contribution in [3.8, 4) is 0 Å². The van der Waals surface area contributed by atoms with E-state index in [0.717, 1.165) is 24.1 Å². The number of benzene rings is 4. The molecule has 10 nitrogen and oxygen atoms in total. The smallest absolute Gasteiger partial charge is 0.163 e. The van der Waals surface area contributed by atoms with Crippen LogP contribution in [0.4, 0.5) is 0 Å². The van der Waals surface area contributed by atoms with E-state index < -0.39 is 18.0 Å². The highest BCUT2D eigenvalue weighted by molar-refractivity contribution is 5.17. The van der Waals surface area contributed by atoms with Gasteiger partial charge in [0.25, 0.3) is 0 Å². The van der Waals surface area contributed by atoms with Gasteiger partial charge in [-0.3, -0.25) is 0 Å². The Morgan fingerprint density at radius 3 is 1.45 bits per heavy atom. The largest absolute Gasteiger partial charge is 0.389 e. The summed E-state index contributed by atoms with van der Waals surface area (Å²) < 4.78 is 35.6. The van der Waals surface area contributed by atoms with E-state index in [2.05, 4.69) is 47.0 Å². The SMILES string of the molecule is CC1(C)O[C@@H]2[C@H](O1)[C@@H](OCCOCc1ccccc1)C[C@H]2NCc1ccccc1.O[C@@H]1[C@H](O)[C@@H](OCCOCc2ccccc2)C[C@H]1NCc1ccccc1. The van der Waals surface area contributed by atoms with Gasteiger partial charge in [-0.15, -0.1) is 0 Å². The summed E-state index contributed by atoms with van der Waals surface area (Å²) in [5.41, 5.74) is 4.70. The molecule has 0 unspecified atom stereocenters. The fraction of sp³-hybridized carbons (Fsp3) is 0.467. The molecule has 4 aromatic carbocycles. The van der Waals surface area contributed by atoms with E-state index in [1.807, 2.05) is 98.8 Å². The molecule has 8 atom stereocenters. The third-order valence-electron chi connectivity index (χ3n) is 10.2. The Bertz CT molecular complexity index is 1630. The molecule has 10 heteroatoms. The Morgan fingerprint density at radius 2 is 0.945 bits per heavy atom. The minimum atomic E-state index is -0.877. The lowest BCUT2D eigenvalue weighted by Crippen LogP contribution is -2.40. The Labute approximate surface area is 326 Å². The number of ether oxygens (including phenoxy) is 6. The van der Waals surface area contributed by atoms with Crippen LogP contribution in [0.1, 0.15) is 48.9 Å². The molecule has 0 amide bonds. The van der Waals surface area contributed by atoms with Crippen LogP contribution < -0.4 is 10.6 Å². The lowest BCUT2D eigenvalue weighted by atomic mass is 10.1. The fourth-order valence-corrected chi connectivity index (χ4v) is 7.39. The van der Waals surface area contributed by atoms with Crippen LogP contribution in [0.3, 0.4) is 0 Å². The van der Waals surface area contributed by atoms with Crippen LogP contribution in [-0.2, 0) is 54.7 Å². The molecule has 0 spiro atoms. The number of aliphatic hydroxyl groups is 2. The number of aliphatic hydroxyl groups excluding tert-OH is 2. The maximum Gasteiger partial charge on any atom is 0.163 e. The van der Waals surface area contributed by atoms with Gasteiger partial charge in [-0.05, 0) is 48.9 Å². The second-order valence-corrected chi connectivity index (χ2v) is 14.9. The molecule has 4 N–H and O–H groups in total. The van der Waals surface area contributed by atoms with Gasteiger partial charge in [0.1, 0.15) is 18.3 Å². The number of nitrogens with one attached hydrogen (secondary N) is 2. The molecular formula is C45H58N2O8. The standard InChI is InChI=1S/C24H31NO4.C21H27NO4/c1-24(2)28-22-20(25-16-18-9-5-3-6-10-18)15-21(23(22)29-24)27-14-13-26-17-19-11-7-4-8-12-19;23-20-18(22-14-16-7-3-1-4-8-16)13-19(21(20)24)26-12-11-25-15-17-9-5-2-6-10-17/h3-12,20-23,25H,13-17H2,1-2H3;1-10,18-24H,11-15H2/t20-,21+,22+,23-;18-,19+,20+,21-/m11/s1. The van der Waals surface area contributed by atoms with Gasteiger partial charge in [0.2, 0.25) is 0 Å². The third-order valence-corrected chi connectivity index (χ3v) is 10.2. The summed E-state index contributed by atoms with van der Waals surface area (Å²) in [6, 6.07) is 40.6. The topological polar surface area (TPSA) is 120 Å². The van der Waals surface area contributed by atoms with Gasteiger partial charge in [0.05, 0.1) is 58.0 Å². The number of rotatable bonds is 18. The van der Waals surface area contributed by atoms with E-state index in [1.54, 1.807) is 0 Å². The van der Waals surface area contributed by atoms with Crippen LogP contribution in [0.25, 0.3) is 0 Å². The predicted molar refractivity (Wildman–Crippen MR) is 211 cm³/mol. The van der Waals surface area contributed by atoms with Gasteiger partial charge < -0.3 is 49.3 Å². The number of fused-ring (bicyclic) bond motifs is 1. The van der Waals surface area contributed by atoms with E-state index in [1.165, 1.54) is 11.1 Å². The highest BCUT2D eigenvalue weighted by Crippen LogP contribution is 2.40. The van der Waals surface area contributed by atoms with Crippen molar-refractivity contribution in [1.29, 1.82) is 0 Å². The molecule has 2 aliphatic carbocycles. The van der Waals surface area contributed by atoms with Gasteiger partial charge in [-0.25, -0.2) is 0 Å². The minimum absolute atomic E-state index is 0.00366. The van der Waals surface area contributed by atoms with Crippen molar-refractivity contribution in [2.45, 2.75) is 107 Å². The molecule has 4 aromatic rings. The molecule has 296 valence electrons. The van der Waals surface area contributed by atoms with Gasteiger partial charge in [0, 0.05) is 25.2 Å². The first-order chi connectivity index (χ1) is 26.8. The first-order valence-corrected chi connectivity index (χ1v) is 19.6. The van der Waals surface area contributed by atoms with E-state index in [-0.39, 0.29) is 36.5 Å². The molecule has 0 radical (unpaired) electrons. The van der Waals surface area contributed by atoms with Crippen molar-refractivity contribution in [3.05, 3.63) is 144 Å². The molecule has 55 heavy (non-hydrogen) atoms. The molecule has 0 aromatic heterocycles. The normalized spacial score (nSPS) is 26.7. The van der Waals surface area contributed by atoms with Crippen LogP contribution in [0.5, 0.6) is 0 Å². The zero-order valence-electron chi connectivity index (χ0n) is 32.1. The van der Waals surface area contributed by atoms with Gasteiger partial charge in [0.15, 0.2) is 5.79 Å². The molecule has 2 saturated carbocycles. The first kappa shape index (κ1) is 41.1. The van der Waals surface area contributed by atoms with E-state index in [9.17, 15) is 10.2 Å². The zero-order valence-corrected chi connectivity index (χ0v) is 32.1. The van der Waals surface area contributed by atoms with Crippen molar-refractivity contribution < 1.29 is 38.6 Å².